The Bertz CT molecular complexity index is 1320. The van der Waals surface area contributed by atoms with Gasteiger partial charge in [-0.25, -0.2) is 0 Å². The first kappa shape index (κ1) is 20.6. The van der Waals surface area contributed by atoms with Gasteiger partial charge in [-0.15, -0.1) is 0 Å². The van der Waals surface area contributed by atoms with Gasteiger partial charge in [-0.3, -0.25) is 9.36 Å². The first-order valence-corrected chi connectivity index (χ1v) is 10.2. The number of halogens is 1. The van der Waals surface area contributed by atoms with Gasteiger partial charge in [0.15, 0.2) is 5.65 Å². The fourth-order valence-corrected chi connectivity index (χ4v) is 3.56. The van der Waals surface area contributed by atoms with E-state index in [1.54, 1.807) is 60.3 Å². The van der Waals surface area contributed by atoms with E-state index in [9.17, 15) is 4.79 Å². The number of rotatable bonds is 5. The maximum atomic E-state index is 13.7. The molecule has 0 bridgehead atoms. The molecule has 3 aromatic rings. The lowest BCUT2D eigenvalue weighted by Gasteiger charge is -2.16. The average Bonchev–Trinajstić information content (AvgIpc) is 2.76. The predicted molar refractivity (Wildman–Crippen MR) is 126 cm³/mol. The third kappa shape index (κ3) is 4.02. The van der Waals surface area contributed by atoms with Crippen LogP contribution < -0.4 is 15.6 Å². The van der Waals surface area contributed by atoms with Crippen molar-refractivity contribution in [1.29, 1.82) is 5.41 Å². The van der Waals surface area contributed by atoms with Crippen molar-refractivity contribution < 1.29 is 4.74 Å². The topological polar surface area (TPSA) is 80.0 Å². The second-order valence-corrected chi connectivity index (χ2v) is 7.34. The lowest BCUT2D eigenvalue weighted by Crippen LogP contribution is -2.23. The molecule has 7 heteroatoms. The van der Waals surface area contributed by atoms with Crippen molar-refractivity contribution in [2.75, 3.05) is 13.7 Å². The van der Waals surface area contributed by atoms with E-state index >= 15 is 0 Å². The maximum absolute atomic E-state index is 13.7. The van der Waals surface area contributed by atoms with Crippen LogP contribution in [0, 0.1) is 5.41 Å². The average molecular weight is 433 g/mol. The van der Waals surface area contributed by atoms with Crippen LogP contribution in [0.5, 0.6) is 5.88 Å². The van der Waals surface area contributed by atoms with Gasteiger partial charge in [0.05, 0.1) is 18.0 Å². The zero-order valence-electron chi connectivity index (χ0n) is 17.1. The number of pyridine rings is 2. The summed E-state index contributed by atoms with van der Waals surface area (Å²) in [4.78, 5) is 18.3. The molecule has 0 saturated carbocycles. The van der Waals surface area contributed by atoms with Crippen LogP contribution in [0.25, 0.3) is 22.3 Å². The zero-order chi connectivity index (χ0) is 22.0. The molecule has 2 N–H and O–H groups in total. The van der Waals surface area contributed by atoms with Crippen LogP contribution >= 0.6 is 11.6 Å². The second-order valence-electron chi connectivity index (χ2n) is 6.91. The third-order valence-electron chi connectivity index (χ3n) is 4.86. The Morgan fingerprint density at radius 1 is 1.19 bits per heavy atom. The van der Waals surface area contributed by atoms with Gasteiger partial charge in [-0.05, 0) is 61.0 Å². The van der Waals surface area contributed by atoms with Gasteiger partial charge in [0.2, 0.25) is 5.88 Å². The number of nitrogens with zero attached hydrogens (tertiary/aromatic N) is 2. The van der Waals surface area contributed by atoms with Crippen LogP contribution in [-0.4, -0.2) is 28.9 Å². The Labute approximate surface area is 184 Å². The number of nitrogens with one attached hydrogen (secondary N) is 2. The maximum Gasteiger partial charge on any atom is 0.264 e. The smallest absolute Gasteiger partial charge is 0.264 e. The zero-order valence-corrected chi connectivity index (χ0v) is 17.9. The van der Waals surface area contributed by atoms with Crippen LogP contribution in [-0.2, 0) is 0 Å². The van der Waals surface area contributed by atoms with Crippen molar-refractivity contribution in [3.8, 4) is 11.6 Å². The summed E-state index contributed by atoms with van der Waals surface area (Å²) in [6, 6.07) is 12.6. The highest BCUT2D eigenvalue weighted by Crippen LogP contribution is 2.26. The van der Waals surface area contributed by atoms with E-state index in [1.165, 1.54) is 0 Å². The van der Waals surface area contributed by atoms with Crippen molar-refractivity contribution in [1.82, 2.24) is 14.9 Å². The standard InChI is InChI=1S/C24H21ClN4O2/c1-3-31-22-11-5-16-13-20(15-4-10-21(26)17(12-15)14-27-2)24(30)29(23(16)28-22)19-8-6-18(25)7-9-19/h4-14,26-27H,3H2,1-2H3/b17-14-,26-21?. The summed E-state index contributed by atoms with van der Waals surface area (Å²) in [7, 11) is 1.78. The molecular weight excluding hydrogens is 412 g/mol. The Balaban J connectivity index is 2.00. The lowest BCUT2D eigenvalue weighted by molar-refractivity contribution is 0.328. The first-order chi connectivity index (χ1) is 15.0. The van der Waals surface area contributed by atoms with E-state index in [1.807, 2.05) is 25.1 Å². The first-order valence-electron chi connectivity index (χ1n) is 9.84. The molecule has 0 atom stereocenters. The van der Waals surface area contributed by atoms with Gasteiger partial charge in [0.1, 0.15) is 0 Å². The number of ether oxygens (including phenoxy) is 1. The monoisotopic (exact) mass is 432 g/mol. The molecule has 4 rings (SSSR count). The minimum Gasteiger partial charge on any atom is -0.478 e. The Morgan fingerprint density at radius 3 is 2.68 bits per heavy atom. The molecule has 0 fully saturated rings. The Hall–Kier alpha value is -3.64. The Morgan fingerprint density at radius 2 is 1.97 bits per heavy atom. The van der Waals surface area contributed by atoms with Gasteiger partial charge in [-0.1, -0.05) is 17.7 Å². The van der Waals surface area contributed by atoms with Crippen LogP contribution in [0.4, 0.5) is 0 Å². The van der Waals surface area contributed by atoms with Gasteiger partial charge in [0.25, 0.3) is 5.56 Å². The van der Waals surface area contributed by atoms with Crippen molar-refractivity contribution >= 4 is 33.9 Å². The van der Waals surface area contributed by atoms with Crippen molar-refractivity contribution in [3.63, 3.8) is 0 Å². The molecule has 0 amide bonds. The quantitative estimate of drug-likeness (QED) is 0.621. The molecule has 0 aliphatic heterocycles. The third-order valence-corrected chi connectivity index (χ3v) is 5.12. The molecule has 1 aromatic carbocycles. The van der Waals surface area contributed by atoms with Crippen molar-refractivity contribution in [2.24, 2.45) is 0 Å². The second kappa shape index (κ2) is 8.62. The summed E-state index contributed by atoms with van der Waals surface area (Å²) in [6.07, 6.45) is 7.04. The molecule has 156 valence electrons. The normalized spacial score (nSPS) is 14.7. The fourth-order valence-electron chi connectivity index (χ4n) is 3.44. The van der Waals surface area contributed by atoms with E-state index in [0.717, 1.165) is 11.0 Å². The number of hydrogen-bond acceptors (Lipinski definition) is 5. The van der Waals surface area contributed by atoms with Crippen LogP contribution in [0.3, 0.4) is 0 Å². The number of fused-ring (bicyclic) bond motifs is 1. The molecule has 31 heavy (non-hydrogen) atoms. The van der Waals surface area contributed by atoms with Crippen LogP contribution in [0.15, 0.2) is 77.3 Å². The van der Waals surface area contributed by atoms with Crippen molar-refractivity contribution in [2.45, 2.75) is 6.92 Å². The number of allylic oxidation sites excluding steroid dienone is 5. The minimum absolute atomic E-state index is 0.218. The van der Waals surface area contributed by atoms with Crippen molar-refractivity contribution in [3.05, 3.63) is 93.4 Å². The minimum atomic E-state index is -0.218. The summed E-state index contributed by atoms with van der Waals surface area (Å²) in [6.45, 7) is 2.36. The highest BCUT2D eigenvalue weighted by atomic mass is 35.5. The summed E-state index contributed by atoms with van der Waals surface area (Å²) in [5.41, 5.74) is 3.24. The fraction of sp³-hybridized carbons (Fsp3) is 0.125. The van der Waals surface area contributed by atoms with Gasteiger partial charge in [-0.2, -0.15) is 4.98 Å². The number of aromatic nitrogens is 2. The largest absolute Gasteiger partial charge is 0.478 e. The summed E-state index contributed by atoms with van der Waals surface area (Å²) < 4.78 is 7.12. The van der Waals surface area contributed by atoms with Crippen LogP contribution in [0.2, 0.25) is 5.02 Å². The van der Waals surface area contributed by atoms with Crippen LogP contribution in [0.1, 0.15) is 12.5 Å². The molecule has 1 aliphatic rings. The molecule has 0 unspecified atom stereocenters. The SMILES string of the molecule is CCOc1ccc2cc(C3=C/C(=C/NC)C(=N)C=C3)c(=O)n(-c3ccc(Cl)cc3)c2n1. The van der Waals surface area contributed by atoms with E-state index in [0.29, 0.717) is 45.7 Å². The summed E-state index contributed by atoms with van der Waals surface area (Å²) >= 11 is 6.06. The lowest BCUT2D eigenvalue weighted by atomic mass is 9.95. The molecule has 0 spiro atoms. The molecule has 2 heterocycles. The molecule has 1 aliphatic carbocycles. The predicted octanol–water partition coefficient (Wildman–Crippen LogP) is 4.51. The number of hydrogen-bond donors (Lipinski definition) is 2. The highest BCUT2D eigenvalue weighted by Gasteiger charge is 2.17. The molecule has 0 saturated heterocycles. The highest BCUT2D eigenvalue weighted by molar-refractivity contribution is 6.30. The van der Waals surface area contributed by atoms with Gasteiger partial charge in [0, 0.05) is 40.9 Å². The summed E-state index contributed by atoms with van der Waals surface area (Å²) in [5.74, 6) is 0.453. The Kier molecular flexibility index (Phi) is 5.73. The van der Waals surface area contributed by atoms with E-state index in [4.69, 9.17) is 21.7 Å². The van der Waals surface area contributed by atoms with Gasteiger partial charge < -0.3 is 15.5 Å². The molecular formula is C24H21ClN4O2. The van der Waals surface area contributed by atoms with E-state index in [2.05, 4.69) is 10.3 Å². The van der Waals surface area contributed by atoms with E-state index in [-0.39, 0.29) is 5.56 Å². The van der Waals surface area contributed by atoms with E-state index < -0.39 is 0 Å². The summed E-state index contributed by atoms with van der Waals surface area (Å²) in [5, 5.41) is 12.4. The van der Waals surface area contributed by atoms with Gasteiger partial charge >= 0.3 is 0 Å². The molecule has 6 nitrogen and oxygen atoms in total. The molecule has 2 aromatic heterocycles. The molecule has 0 radical (unpaired) electrons. The number of benzene rings is 1.